The van der Waals surface area contributed by atoms with E-state index < -0.39 is 12.4 Å². The zero-order chi connectivity index (χ0) is 8.59. The van der Waals surface area contributed by atoms with E-state index in [0.29, 0.717) is 0 Å². The summed E-state index contributed by atoms with van der Waals surface area (Å²) in [6, 6.07) is 0. The van der Waals surface area contributed by atoms with Crippen molar-refractivity contribution < 1.29 is 59.0 Å². The van der Waals surface area contributed by atoms with Crippen LogP contribution in [0, 0.1) is 55.9 Å². The van der Waals surface area contributed by atoms with Crippen LogP contribution in [0.15, 0.2) is 0 Å². The van der Waals surface area contributed by atoms with Crippen molar-refractivity contribution in [3.8, 4) is 0 Å². The molecule has 0 aromatic carbocycles. The summed E-state index contributed by atoms with van der Waals surface area (Å²) in [5.41, 5.74) is 0. The van der Waals surface area contributed by atoms with Gasteiger partial charge >= 0.3 is 0 Å². The van der Waals surface area contributed by atoms with Crippen molar-refractivity contribution >= 4 is 0 Å². The molecule has 4 heteroatoms. The zero-order valence-corrected chi connectivity index (χ0v) is 12.5. The number of aliphatic hydroxyl groups is 2. The van der Waals surface area contributed by atoms with Crippen molar-refractivity contribution in [1.82, 2.24) is 0 Å². The second kappa shape index (κ2) is 5.26. The van der Waals surface area contributed by atoms with Crippen LogP contribution in [-0.2, 0) is 4.74 Å². The fourth-order valence-electron chi connectivity index (χ4n) is 1.39. The minimum Gasteiger partial charge on any atom is -0.392 e. The SMILES string of the molecule is CC1O[C@@H](O)C(C)C(O)[C@H]1C.[Ac]. The summed E-state index contributed by atoms with van der Waals surface area (Å²) < 4.78 is 5.18. The van der Waals surface area contributed by atoms with Crippen LogP contribution in [-0.4, -0.2) is 28.7 Å². The molecule has 1 aliphatic heterocycles. The average Bonchev–Trinajstić information content (AvgIpc) is 1.97. The van der Waals surface area contributed by atoms with E-state index in [2.05, 4.69) is 0 Å². The van der Waals surface area contributed by atoms with E-state index in [1.54, 1.807) is 6.92 Å². The summed E-state index contributed by atoms with van der Waals surface area (Å²) in [5, 5.41) is 18.8. The third-order valence-corrected chi connectivity index (χ3v) is 2.62. The van der Waals surface area contributed by atoms with Crippen molar-refractivity contribution in [2.24, 2.45) is 11.8 Å². The second-order valence-corrected chi connectivity index (χ2v) is 3.44. The third-order valence-electron chi connectivity index (χ3n) is 2.62. The largest absolute Gasteiger partial charge is 0.392 e. The number of aliphatic hydroxyl groups excluding tert-OH is 2. The third kappa shape index (κ3) is 2.65. The molecule has 1 radical (unpaired) electrons. The van der Waals surface area contributed by atoms with Crippen LogP contribution in [0.5, 0.6) is 0 Å². The Morgan fingerprint density at radius 3 is 2.00 bits per heavy atom. The van der Waals surface area contributed by atoms with Crippen molar-refractivity contribution in [3.05, 3.63) is 0 Å². The van der Waals surface area contributed by atoms with Gasteiger partial charge in [-0.2, -0.15) is 0 Å². The molecule has 12 heavy (non-hydrogen) atoms. The molecule has 5 atom stereocenters. The van der Waals surface area contributed by atoms with E-state index in [-0.39, 0.29) is 62.0 Å². The first-order valence-electron chi connectivity index (χ1n) is 4.05. The maximum Gasteiger partial charge on any atom is 0.159 e. The van der Waals surface area contributed by atoms with Gasteiger partial charge in [0.25, 0.3) is 0 Å². The Bertz CT molecular complexity index is 128. The summed E-state index contributed by atoms with van der Waals surface area (Å²) in [5.74, 6) is -0.0744. The maximum atomic E-state index is 9.55. The van der Waals surface area contributed by atoms with Gasteiger partial charge in [0.1, 0.15) is 0 Å². The summed E-state index contributed by atoms with van der Waals surface area (Å²) in [6.07, 6.45) is -1.32. The summed E-state index contributed by atoms with van der Waals surface area (Å²) in [6.45, 7) is 5.58. The maximum absolute atomic E-state index is 9.55. The van der Waals surface area contributed by atoms with Crippen LogP contribution in [0.1, 0.15) is 20.8 Å². The molecule has 3 nitrogen and oxygen atoms in total. The van der Waals surface area contributed by atoms with Gasteiger partial charge in [-0.05, 0) is 6.92 Å². The number of ether oxygens (including phenoxy) is 1. The number of hydrogen-bond acceptors (Lipinski definition) is 3. The van der Waals surface area contributed by atoms with Crippen molar-refractivity contribution in [3.63, 3.8) is 0 Å². The van der Waals surface area contributed by atoms with E-state index in [9.17, 15) is 10.2 Å². The zero-order valence-electron chi connectivity index (χ0n) is 7.77. The molecule has 0 aliphatic carbocycles. The van der Waals surface area contributed by atoms with E-state index in [4.69, 9.17) is 4.74 Å². The first-order valence-corrected chi connectivity index (χ1v) is 4.05. The molecule has 0 aromatic heterocycles. The Morgan fingerprint density at radius 2 is 1.50 bits per heavy atom. The smallest absolute Gasteiger partial charge is 0.159 e. The predicted octanol–water partition coefficient (Wildman–Crippen LogP) is 0.357. The average molecular weight is 387 g/mol. The fourth-order valence-corrected chi connectivity index (χ4v) is 1.39. The molecule has 69 valence electrons. The molecule has 0 saturated carbocycles. The van der Waals surface area contributed by atoms with Gasteiger partial charge in [-0.3, -0.25) is 0 Å². The summed E-state index contributed by atoms with van der Waals surface area (Å²) >= 11 is 0. The first kappa shape index (κ1) is 13.3. The molecule has 0 aromatic rings. The van der Waals surface area contributed by atoms with Crippen LogP contribution in [0.4, 0.5) is 0 Å². The Kier molecular flexibility index (Phi) is 5.84. The van der Waals surface area contributed by atoms with Crippen LogP contribution >= 0.6 is 0 Å². The molecular formula is C8H16AcO3. The molecule has 1 heterocycles. The number of hydrogen-bond donors (Lipinski definition) is 2. The standard InChI is InChI=1S/C8H16O3.Ac/c1-4-6(3)11-8(10)5(2)7(4)9;/h4-10H,1-3H3;/t4-,5?,6?,7?,8+;/m0./s1. The second-order valence-electron chi connectivity index (χ2n) is 3.44. The first-order chi connectivity index (χ1) is 5.04. The molecule has 1 aliphatic rings. The molecule has 3 unspecified atom stereocenters. The minimum absolute atomic E-state index is 0. The van der Waals surface area contributed by atoms with Gasteiger partial charge in [0, 0.05) is 55.9 Å². The summed E-state index contributed by atoms with van der Waals surface area (Å²) in [4.78, 5) is 0. The quantitative estimate of drug-likeness (QED) is 0.631. The van der Waals surface area contributed by atoms with Gasteiger partial charge in [0.05, 0.1) is 12.2 Å². The molecule has 1 fully saturated rings. The van der Waals surface area contributed by atoms with Gasteiger partial charge in [-0.15, -0.1) is 0 Å². The Labute approximate surface area is 109 Å². The van der Waals surface area contributed by atoms with E-state index in [0.717, 1.165) is 0 Å². The normalized spacial score (nSPS) is 48.2. The van der Waals surface area contributed by atoms with Crippen LogP contribution in [0.2, 0.25) is 0 Å². The van der Waals surface area contributed by atoms with Crippen LogP contribution in [0.3, 0.4) is 0 Å². The van der Waals surface area contributed by atoms with Gasteiger partial charge in [0.2, 0.25) is 0 Å². The Morgan fingerprint density at radius 1 is 1.00 bits per heavy atom. The topological polar surface area (TPSA) is 49.7 Å². The predicted molar refractivity (Wildman–Crippen MR) is 40.9 cm³/mol. The molecule has 0 bridgehead atoms. The van der Waals surface area contributed by atoms with Gasteiger partial charge in [-0.25, -0.2) is 0 Å². The minimum atomic E-state index is -0.809. The molecule has 0 amide bonds. The van der Waals surface area contributed by atoms with Crippen molar-refractivity contribution in [2.75, 3.05) is 0 Å². The van der Waals surface area contributed by atoms with Crippen molar-refractivity contribution in [2.45, 2.75) is 39.3 Å². The Hall–Kier alpha value is 1.32. The van der Waals surface area contributed by atoms with Gasteiger partial charge in [-0.1, -0.05) is 13.8 Å². The fraction of sp³-hybridized carbons (Fsp3) is 1.00. The monoisotopic (exact) mass is 387 g/mol. The summed E-state index contributed by atoms with van der Waals surface area (Å²) in [7, 11) is 0. The molecule has 1 rings (SSSR count). The van der Waals surface area contributed by atoms with E-state index in [1.165, 1.54) is 0 Å². The van der Waals surface area contributed by atoms with Gasteiger partial charge < -0.3 is 14.9 Å². The Balaban J connectivity index is 0.00000121. The number of rotatable bonds is 0. The molecular weight excluding hydrogens is 371 g/mol. The van der Waals surface area contributed by atoms with Crippen LogP contribution < -0.4 is 0 Å². The van der Waals surface area contributed by atoms with Gasteiger partial charge in [0.15, 0.2) is 6.29 Å². The van der Waals surface area contributed by atoms with E-state index >= 15 is 0 Å². The van der Waals surface area contributed by atoms with E-state index in [1.807, 2.05) is 13.8 Å². The molecule has 1 saturated heterocycles. The van der Waals surface area contributed by atoms with Crippen LogP contribution in [0.25, 0.3) is 0 Å². The van der Waals surface area contributed by atoms with Crippen molar-refractivity contribution in [1.29, 1.82) is 0 Å². The molecule has 0 spiro atoms. The molecule has 2 N–H and O–H groups in total.